The van der Waals surface area contributed by atoms with Gasteiger partial charge in [-0.15, -0.1) is 0 Å². The molecule has 2 aromatic rings. The fourth-order valence-electron chi connectivity index (χ4n) is 2.59. The van der Waals surface area contributed by atoms with E-state index < -0.39 is 4.92 Å². The third-order valence-electron chi connectivity index (χ3n) is 4.00. The number of nitro groups is 1. The van der Waals surface area contributed by atoms with Crippen LogP contribution in [-0.4, -0.2) is 38.8 Å². The first-order valence-corrected chi connectivity index (χ1v) is 8.36. The minimum absolute atomic E-state index is 0.0531. The predicted molar refractivity (Wildman–Crippen MR) is 101 cm³/mol. The molecule has 0 fully saturated rings. The van der Waals surface area contributed by atoms with Crippen LogP contribution in [-0.2, 0) is 4.79 Å². The fraction of sp³-hybridized carbons (Fsp3) is 0.316. The molecule has 0 bridgehead atoms. The lowest BCUT2D eigenvalue weighted by Gasteiger charge is -2.18. The Morgan fingerprint density at radius 2 is 1.71 bits per heavy atom. The van der Waals surface area contributed by atoms with Gasteiger partial charge < -0.3 is 24.3 Å². The van der Waals surface area contributed by atoms with Gasteiger partial charge in [0.2, 0.25) is 5.75 Å². The van der Waals surface area contributed by atoms with Gasteiger partial charge in [-0.3, -0.25) is 14.9 Å². The second kappa shape index (κ2) is 9.45. The number of ether oxygens (including phenoxy) is 4. The summed E-state index contributed by atoms with van der Waals surface area (Å²) in [7, 11) is 4.42. The summed E-state index contributed by atoms with van der Waals surface area (Å²) in [5, 5.41) is 13.7. The largest absolute Gasteiger partial charge is 0.497 e. The van der Waals surface area contributed by atoms with Crippen molar-refractivity contribution in [3.05, 3.63) is 52.1 Å². The van der Waals surface area contributed by atoms with Gasteiger partial charge in [-0.2, -0.15) is 0 Å². The first-order chi connectivity index (χ1) is 13.4. The van der Waals surface area contributed by atoms with Gasteiger partial charge in [-0.1, -0.05) is 0 Å². The molecule has 0 saturated heterocycles. The molecule has 0 radical (unpaired) electrons. The molecule has 9 nitrogen and oxygen atoms in total. The zero-order chi connectivity index (χ0) is 20.7. The van der Waals surface area contributed by atoms with Crippen molar-refractivity contribution in [1.82, 2.24) is 5.32 Å². The van der Waals surface area contributed by atoms with Gasteiger partial charge in [-0.05, 0) is 31.2 Å². The van der Waals surface area contributed by atoms with Crippen LogP contribution in [0.25, 0.3) is 0 Å². The molecular weight excluding hydrogens is 368 g/mol. The number of amides is 1. The van der Waals surface area contributed by atoms with Crippen LogP contribution in [0.5, 0.6) is 23.0 Å². The second-order valence-corrected chi connectivity index (χ2v) is 5.78. The van der Waals surface area contributed by atoms with Crippen LogP contribution in [0.15, 0.2) is 36.4 Å². The molecule has 2 aromatic carbocycles. The highest BCUT2D eigenvalue weighted by Crippen LogP contribution is 2.31. The maximum atomic E-state index is 12.2. The Bertz CT molecular complexity index is 854. The Morgan fingerprint density at radius 3 is 2.32 bits per heavy atom. The maximum absolute atomic E-state index is 12.2. The van der Waals surface area contributed by atoms with E-state index in [-0.39, 0.29) is 35.7 Å². The summed E-state index contributed by atoms with van der Waals surface area (Å²) in [6.45, 7) is 1.54. The van der Waals surface area contributed by atoms with Gasteiger partial charge in [-0.25, -0.2) is 0 Å². The Labute approximate surface area is 162 Å². The van der Waals surface area contributed by atoms with Gasteiger partial charge in [0, 0.05) is 17.7 Å². The lowest BCUT2D eigenvalue weighted by atomic mass is 10.1. The topological polar surface area (TPSA) is 109 Å². The third kappa shape index (κ3) is 5.03. The average Bonchev–Trinajstić information content (AvgIpc) is 2.71. The van der Waals surface area contributed by atoms with E-state index in [1.165, 1.54) is 25.3 Å². The highest BCUT2D eigenvalue weighted by Gasteiger charge is 2.18. The molecule has 0 heterocycles. The SMILES string of the molecule is COc1ccc(OC)c([C@@H](C)NC(=O)COc2ccc([N+](=O)[O-])c(OC)c2)c1. The van der Waals surface area contributed by atoms with Crippen LogP contribution < -0.4 is 24.3 Å². The highest BCUT2D eigenvalue weighted by atomic mass is 16.6. The number of methoxy groups -OCH3 is 3. The lowest BCUT2D eigenvalue weighted by Crippen LogP contribution is -2.31. The molecule has 0 spiro atoms. The van der Waals surface area contributed by atoms with Crippen molar-refractivity contribution in [3.63, 3.8) is 0 Å². The molecule has 9 heteroatoms. The van der Waals surface area contributed by atoms with E-state index in [9.17, 15) is 14.9 Å². The number of nitrogens with one attached hydrogen (secondary N) is 1. The maximum Gasteiger partial charge on any atom is 0.311 e. The first kappa shape index (κ1) is 20.8. The normalized spacial score (nSPS) is 11.3. The summed E-state index contributed by atoms with van der Waals surface area (Å²) in [5.41, 5.74) is 0.574. The third-order valence-corrected chi connectivity index (χ3v) is 4.00. The van der Waals surface area contributed by atoms with Crippen molar-refractivity contribution < 1.29 is 28.7 Å². The Hall–Kier alpha value is -3.49. The smallest absolute Gasteiger partial charge is 0.311 e. The highest BCUT2D eigenvalue weighted by molar-refractivity contribution is 5.78. The summed E-state index contributed by atoms with van der Waals surface area (Å²) in [4.78, 5) is 22.6. The number of nitrogens with zero attached hydrogens (tertiary/aromatic N) is 1. The van der Waals surface area contributed by atoms with Crippen LogP contribution in [0.3, 0.4) is 0 Å². The standard InChI is InChI=1S/C19H22N2O7/c1-12(15-9-13(25-2)6-8-17(15)26-3)20-19(22)11-28-14-5-7-16(21(23)24)18(10-14)27-4/h5-10,12H,11H2,1-4H3,(H,20,22)/t12-/m1/s1. The number of nitro benzene ring substituents is 1. The van der Waals surface area contributed by atoms with E-state index in [4.69, 9.17) is 18.9 Å². The summed E-state index contributed by atoms with van der Waals surface area (Å²) in [6.07, 6.45) is 0. The molecule has 0 aromatic heterocycles. The van der Waals surface area contributed by atoms with Gasteiger partial charge >= 0.3 is 5.69 Å². The zero-order valence-corrected chi connectivity index (χ0v) is 16.1. The Balaban J connectivity index is 2.02. The number of benzene rings is 2. The summed E-state index contributed by atoms with van der Waals surface area (Å²) >= 11 is 0. The van der Waals surface area contributed by atoms with E-state index in [1.54, 1.807) is 32.4 Å². The molecule has 150 valence electrons. The number of rotatable bonds is 9. The molecule has 1 atom stereocenters. The van der Waals surface area contributed by atoms with Gasteiger partial charge in [0.15, 0.2) is 6.61 Å². The predicted octanol–water partition coefficient (Wildman–Crippen LogP) is 2.88. The molecule has 1 amide bonds. The molecule has 0 unspecified atom stereocenters. The first-order valence-electron chi connectivity index (χ1n) is 8.36. The van der Waals surface area contributed by atoms with E-state index in [0.29, 0.717) is 11.5 Å². The Kier molecular flexibility index (Phi) is 7.02. The van der Waals surface area contributed by atoms with Crippen molar-refractivity contribution in [2.24, 2.45) is 0 Å². The number of hydrogen-bond donors (Lipinski definition) is 1. The van der Waals surface area contributed by atoms with Crippen molar-refractivity contribution in [1.29, 1.82) is 0 Å². The quantitative estimate of drug-likeness (QED) is 0.518. The lowest BCUT2D eigenvalue weighted by molar-refractivity contribution is -0.385. The molecule has 0 aliphatic rings. The minimum atomic E-state index is -0.557. The van der Waals surface area contributed by atoms with Crippen molar-refractivity contribution in [3.8, 4) is 23.0 Å². The van der Waals surface area contributed by atoms with E-state index in [0.717, 1.165) is 5.56 Å². The van der Waals surface area contributed by atoms with Crippen molar-refractivity contribution >= 4 is 11.6 Å². The molecule has 0 aliphatic carbocycles. The second-order valence-electron chi connectivity index (χ2n) is 5.78. The van der Waals surface area contributed by atoms with Crippen molar-refractivity contribution in [2.75, 3.05) is 27.9 Å². The summed E-state index contributed by atoms with van der Waals surface area (Å²) in [5.74, 6) is 1.23. The molecule has 2 rings (SSSR count). The minimum Gasteiger partial charge on any atom is -0.497 e. The fourth-order valence-corrected chi connectivity index (χ4v) is 2.59. The molecule has 0 aliphatic heterocycles. The average molecular weight is 390 g/mol. The number of carbonyl (C=O) groups is 1. The molecule has 28 heavy (non-hydrogen) atoms. The van der Waals surface area contributed by atoms with Crippen LogP contribution in [0, 0.1) is 10.1 Å². The number of carbonyl (C=O) groups excluding carboxylic acids is 1. The monoisotopic (exact) mass is 390 g/mol. The number of hydrogen-bond acceptors (Lipinski definition) is 7. The molecule has 0 saturated carbocycles. The van der Waals surface area contributed by atoms with Crippen LogP contribution in [0.2, 0.25) is 0 Å². The summed E-state index contributed by atoms with van der Waals surface area (Å²) < 4.78 is 20.9. The van der Waals surface area contributed by atoms with E-state index in [1.807, 2.05) is 6.92 Å². The van der Waals surface area contributed by atoms with Gasteiger partial charge in [0.25, 0.3) is 5.91 Å². The molecule has 1 N–H and O–H groups in total. The van der Waals surface area contributed by atoms with Gasteiger partial charge in [0.05, 0.1) is 32.3 Å². The van der Waals surface area contributed by atoms with E-state index in [2.05, 4.69) is 5.32 Å². The van der Waals surface area contributed by atoms with Crippen LogP contribution >= 0.6 is 0 Å². The zero-order valence-electron chi connectivity index (χ0n) is 16.1. The van der Waals surface area contributed by atoms with Crippen LogP contribution in [0.1, 0.15) is 18.5 Å². The Morgan fingerprint density at radius 1 is 1.04 bits per heavy atom. The van der Waals surface area contributed by atoms with Crippen LogP contribution in [0.4, 0.5) is 5.69 Å². The van der Waals surface area contributed by atoms with Crippen molar-refractivity contribution in [2.45, 2.75) is 13.0 Å². The summed E-state index contributed by atoms with van der Waals surface area (Å²) in [6, 6.07) is 8.98. The molecular formula is C19H22N2O7. The van der Waals surface area contributed by atoms with Gasteiger partial charge in [0.1, 0.15) is 17.2 Å². The van der Waals surface area contributed by atoms with E-state index >= 15 is 0 Å².